The van der Waals surface area contributed by atoms with Crippen LogP contribution in [0.3, 0.4) is 0 Å². The number of nitriles is 1. The number of carbonyl (C=O) groups is 1. The first-order chi connectivity index (χ1) is 11.7. The Kier molecular flexibility index (Phi) is 6.41. The van der Waals surface area contributed by atoms with Gasteiger partial charge in [0.2, 0.25) is 0 Å². The Hall–Kier alpha value is -2.78. The van der Waals surface area contributed by atoms with Crippen molar-refractivity contribution in [2.24, 2.45) is 0 Å². The first kappa shape index (κ1) is 17.6. The standard InChI is InChI=1S/C18H18N2O3S/c1-3-22-17-10-13(9-14(11-19)18(21)20-2)6-7-16(17)23-12-15-5-4-8-24-15/h4-10H,3,12H2,1-2H3,(H,20,21)/b14-9+. The molecule has 0 fully saturated rings. The van der Waals surface area contributed by atoms with Crippen molar-refractivity contribution in [2.75, 3.05) is 13.7 Å². The van der Waals surface area contributed by atoms with E-state index >= 15 is 0 Å². The Morgan fingerprint density at radius 1 is 1.33 bits per heavy atom. The number of ether oxygens (including phenoxy) is 2. The highest BCUT2D eigenvalue weighted by molar-refractivity contribution is 7.09. The van der Waals surface area contributed by atoms with Crippen LogP contribution in [0.25, 0.3) is 6.08 Å². The Labute approximate surface area is 145 Å². The molecule has 124 valence electrons. The summed E-state index contributed by atoms with van der Waals surface area (Å²) in [5.74, 6) is 0.784. The van der Waals surface area contributed by atoms with Crippen molar-refractivity contribution in [3.63, 3.8) is 0 Å². The van der Waals surface area contributed by atoms with Gasteiger partial charge in [-0.15, -0.1) is 11.3 Å². The third-order valence-electron chi connectivity index (χ3n) is 3.12. The van der Waals surface area contributed by atoms with E-state index in [1.807, 2.05) is 30.5 Å². The number of rotatable bonds is 7. The molecule has 1 aromatic carbocycles. The molecule has 0 aliphatic carbocycles. The summed E-state index contributed by atoms with van der Waals surface area (Å²) in [4.78, 5) is 12.7. The third-order valence-corrected chi connectivity index (χ3v) is 3.97. The number of hydrogen-bond donors (Lipinski definition) is 1. The largest absolute Gasteiger partial charge is 0.490 e. The molecule has 1 aromatic heterocycles. The van der Waals surface area contributed by atoms with E-state index in [0.717, 1.165) is 4.88 Å². The first-order valence-corrected chi connectivity index (χ1v) is 8.31. The van der Waals surface area contributed by atoms with E-state index in [-0.39, 0.29) is 5.57 Å². The van der Waals surface area contributed by atoms with E-state index in [1.54, 1.807) is 29.5 Å². The monoisotopic (exact) mass is 342 g/mol. The molecule has 0 bridgehead atoms. The van der Waals surface area contributed by atoms with Gasteiger partial charge in [0.05, 0.1) is 6.61 Å². The lowest BCUT2D eigenvalue weighted by molar-refractivity contribution is -0.116. The van der Waals surface area contributed by atoms with Crippen LogP contribution in [0.15, 0.2) is 41.3 Å². The van der Waals surface area contributed by atoms with E-state index < -0.39 is 5.91 Å². The van der Waals surface area contributed by atoms with Gasteiger partial charge in [0.15, 0.2) is 11.5 Å². The van der Waals surface area contributed by atoms with Gasteiger partial charge in [-0.05, 0) is 42.1 Å². The molecule has 1 amide bonds. The molecule has 0 aliphatic rings. The molecule has 5 nitrogen and oxygen atoms in total. The number of likely N-dealkylation sites (N-methyl/N-ethyl adjacent to an activating group) is 1. The van der Waals surface area contributed by atoms with Gasteiger partial charge in [-0.25, -0.2) is 0 Å². The topological polar surface area (TPSA) is 71.3 Å². The SMILES string of the molecule is CCOc1cc(/C=C(\C#N)C(=O)NC)ccc1OCc1cccs1. The van der Waals surface area contributed by atoms with Gasteiger partial charge < -0.3 is 14.8 Å². The van der Waals surface area contributed by atoms with Gasteiger partial charge >= 0.3 is 0 Å². The molecule has 2 aromatic rings. The molecule has 0 atom stereocenters. The molecule has 6 heteroatoms. The number of nitrogens with zero attached hydrogens (tertiary/aromatic N) is 1. The maximum Gasteiger partial charge on any atom is 0.261 e. The molecule has 1 N–H and O–H groups in total. The van der Waals surface area contributed by atoms with Crippen molar-refractivity contribution in [3.8, 4) is 17.6 Å². The van der Waals surface area contributed by atoms with Crippen LogP contribution in [0.2, 0.25) is 0 Å². The van der Waals surface area contributed by atoms with Crippen LogP contribution in [0.4, 0.5) is 0 Å². The fraction of sp³-hybridized carbons (Fsp3) is 0.222. The van der Waals surface area contributed by atoms with Crippen LogP contribution in [0.1, 0.15) is 17.4 Å². The summed E-state index contributed by atoms with van der Waals surface area (Å²) in [7, 11) is 1.49. The molecule has 0 aliphatic heterocycles. The molecule has 0 saturated carbocycles. The highest BCUT2D eigenvalue weighted by Crippen LogP contribution is 2.30. The minimum absolute atomic E-state index is 0.0344. The highest BCUT2D eigenvalue weighted by atomic mass is 32.1. The van der Waals surface area contributed by atoms with Crippen LogP contribution in [0, 0.1) is 11.3 Å². The van der Waals surface area contributed by atoms with Crippen LogP contribution >= 0.6 is 11.3 Å². The summed E-state index contributed by atoms with van der Waals surface area (Å²) in [6.07, 6.45) is 1.52. The van der Waals surface area contributed by atoms with E-state index in [2.05, 4.69) is 5.32 Å². The molecule has 1 heterocycles. The minimum Gasteiger partial charge on any atom is -0.490 e. The van der Waals surface area contributed by atoms with Crippen molar-refractivity contribution in [2.45, 2.75) is 13.5 Å². The van der Waals surface area contributed by atoms with E-state index in [1.165, 1.54) is 13.1 Å². The summed E-state index contributed by atoms with van der Waals surface area (Å²) in [5.41, 5.74) is 0.731. The van der Waals surface area contributed by atoms with Crippen molar-refractivity contribution in [3.05, 3.63) is 51.7 Å². The Morgan fingerprint density at radius 3 is 2.79 bits per heavy atom. The van der Waals surface area contributed by atoms with Gasteiger partial charge in [0.1, 0.15) is 18.2 Å². The fourth-order valence-corrected chi connectivity index (χ4v) is 2.61. The van der Waals surface area contributed by atoms with Crippen molar-refractivity contribution < 1.29 is 14.3 Å². The van der Waals surface area contributed by atoms with Gasteiger partial charge in [0.25, 0.3) is 5.91 Å². The molecular weight excluding hydrogens is 324 g/mol. The molecule has 2 rings (SSSR count). The lowest BCUT2D eigenvalue weighted by Gasteiger charge is -2.12. The Balaban J connectivity index is 2.23. The molecule has 0 saturated heterocycles. The molecule has 0 unspecified atom stereocenters. The Bertz CT molecular complexity index is 761. The highest BCUT2D eigenvalue weighted by Gasteiger charge is 2.10. The Morgan fingerprint density at radius 2 is 2.17 bits per heavy atom. The average Bonchev–Trinajstić information content (AvgIpc) is 3.12. The quantitative estimate of drug-likeness (QED) is 0.618. The predicted molar refractivity (Wildman–Crippen MR) is 93.9 cm³/mol. The van der Waals surface area contributed by atoms with Crippen LogP contribution < -0.4 is 14.8 Å². The van der Waals surface area contributed by atoms with E-state index in [4.69, 9.17) is 14.7 Å². The van der Waals surface area contributed by atoms with E-state index in [0.29, 0.717) is 30.3 Å². The van der Waals surface area contributed by atoms with Crippen molar-refractivity contribution >= 4 is 23.3 Å². The smallest absolute Gasteiger partial charge is 0.261 e. The van der Waals surface area contributed by atoms with Crippen LogP contribution in [0.5, 0.6) is 11.5 Å². The van der Waals surface area contributed by atoms with Gasteiger partial charge in [-0.3, -0.25) is 4.79 Å². The zero-order valence-electron chi connectivity index (χ0n) is 13.5. The number of hydrogen-bond acceptors (Lipinski definition) is 5. The van der Waals surface area contributed by atoms with Gasteiger partial charge in [-0.1, -0.05) is 12.1 Å². The second-order valence-electron chi connectivity index (χ2n) is 4.76. The summed E-state index contributed by atoms with van der Waals surface area (Å²) in [6, 6.07) is 11.2. The molecular formula is C18H18N2O3S. The minimum atomic E-state index is -0.423. The number of nitrogens with one attached hydrogen (secondary N) is 1. The zero-order valence-corrected chi connectivity index (χ0v) is 14.4. The lowest BCUT2D eigenvalue weighted by atomic mass is 10.1. The van der Waals surface area contributed by atoms with Crippen LogP contribution in [-0.2, 0) is 11.4 Å². The summed E-state index contributed by atoms with van der Waals surface area (Å²) < 4.78 is 11.4. The molecule has 0 spiro atoms. The van der Waals surface area contributed by atoms with Crippen molar-refractivity contribution in [1.29, 1.82) is 5.26 Å². The predicted octanol–water partition coefficient (Wildman–Crippen LogP) is 3.38. The summed E-state index contributed by atoms with van der Waals surface area (Å²) in [5, 5.41) is 13.5. The fourth-order valence-electron chi connectivity index (χ4n) is 2.00. The maximum absolute atomic E-state index is 11.6. The molecule has 0 radical (unpaired) electrons. The summed E-state index contributed by atoms with van der Waals surface area (Å²) >= 11 is 1.63. The van der Waals surface area contributed by atoms with Crippen molar-refractivity contribution in [1.82, 2.24) is 5.32 Å². The lowest BCUT2D eigenvalue weighted by Crippen LogP contribution is -2.19. The summed E-state index contributed by atoms with van der Waals surface area (Å²) in [6.45, 7) is 2.84. The number of benzene rings is 1. The number of thiophene rings is 1. The normalized spacial score (nSPS) is 10.8. The average molecular weight is 342 g/mol. The third kappa shape index (κ3) is 4.61. The van der Waals surface area contributed by atoms with Gasteiger partial charge in [0, 0.05) is 11.9 Å². The number of amides is 1. The number of carbonyl (C=O) groups excluding carboxylic acids is 1. The second kappa shape index (κ2) is 8.75. The molecule has 24 heavy (non-hydrogen) atoms. The van der Waals surface area contributed by atoms with Crippen LogP contribution in [-0.4, -0.2) is 19.6 Å². The zero-order chi connectivity index (χ0) is 17.4. The second-order valence-corrected chi connectivity index (χ2v) is 5.79. The first-order valence-electron chi connectivity index (χ1n) is 7.43. The van der Waals surface area contributed by atoms with E-state index in [9.17, 15) is 4.79 Å². The van der Waals surface area contributed by atoms with Gasteiger partial charge in [-0.2, -0.15) is 5.26 Å². The maximum atomic E-state index is 11.6.